The third-order valence-electron chi connectivity index (χ3n) is 3.44. The van der Waals surface area contributed by atoms with E-state index in [0.29, 0.717) is 26.2 Å². The highest BCUT2D eigenvalue weighted by Crippen LogP contribution is 2.21. The van der Waals surface area contributed by atoms with E-state index in [-0.39, 0.29) is 12.0 Å². The van der Waals surface area contributed by atoms with E-state index in [2.05, 4.69) is 5.32 Å². The van der Waals surface area contributed by atoms with Crippen molar-refractivity contribution >= 4 is 11.8 Å². The number of ether oxygens (including phenoxy) is 1. The fourth-order valence-electron chi connectivity index (χ4n) is 2.75. The highest BCUT2D eigenvalue weighted by molar-refractivity contribution is 6.35. The van der Waals surface area contributed by atoms with Crippen LogP contribution >= 0.6 is 0 Å². The molecular formula is C13H23N3O3. The van der Waals surface area contributed by atoms with Crippen molar-refractivity contribution in [1.82, 2.24) is 15.1 Å². The van der Waals surface area contributed by atoms with E-state index in [9.17, 15) is 9.59 Å². The van der Waals surface area contributed by atoms with Crippen molar-refractivity contribution in [3.05, 3.63) is 0 Å². The maximum atomic E-state index is 12.3. The maximum Gasteiger partial charge on any atom is 0.312 e. The summed E-state index contributed by atoms with van der Waals surface area (Å²) < 4.78 is 5.75. The molecule has 2 amide bonds. The summed E-state index contributed by atoms with van der Waals surface area (Å²) in [6.45, 7) is 9.48. The maximum absolute atomic E-state index is 12.3. The summed E-state index contributed by atoms with van der Waals surface area (Å²) in [4.78, 5) is 27.7. The van der Waals surface area contributed by atoms with E-state index >= 15 is 0 Å². The molecule has 0 aromatic heterocycles. The van der Waals surface area contributed by atoms with E-state index in [0.717, 1.165) is 13.1 Å². The zero-order valence-electron chi connectivity index (χ0n) is 11.9. The summed E-state index contributed by atoms with van der Waals surface area (Å²) in [5.41, 5.74) is -0.392. The van der Waals surface area contributed by atoms with Gasteiger partial charge in [0.2, 0.25) is 0 Å². The van der Waals surface area contributed by atoms with Gasteiger partial charge in [0.25, 0.3) is 0 Å². The normalized spacial score (nSPS) is 27.2. The van der Waals surface area contributed by atoms with Gasteiger partial charge in [-0.25, -0.2) is 0 Å². The molecule has 0 aromatic rings. The Kier molecular flexibility index (Phi) is 4.10. The summed E-state index contributed by atoms with van der Waals surface area (Å²) in [7, 11) is 0. The molecule has 2 heterocycles. The summed E-state index contributed by atoms with van der Waals surface area (Å²) >= 11 is 0. The van der Waals surface area contributed by atoms with Crippen LogP contribution in [-0.4, -0.2) is 72.6 Å². The molecule has 0 aromatic carbocycles. The molecule has 1 unspecified atom stereocenters. The Morgan fingerprint density at radius 2 is 1.74 bits per heavy atom. The largest absolute Gasteiger partial charge is 0.369 e. The number of rotatable bonds is 0. The lowest BCUT2D eigenvalue weighted by Gasteiger charge is -2.42. The second-order valence-corrected chi connectivity index (χ2v) is 5.92. The zero-order valence-corrected chi connectivity index (χ0v) is 11.9. The number of carbonyl (C=O) groups excluding carboxylic acids is 2. The van der Waals surface area contributed by atoms with E-state index < -0.39 is 11.5 Å². The molecule has 1 atom stereocenters. The Balaban J connectivity index is 2.00. The van der Waals surface area contributed by atoms with Crippen molar-refractivity contribution in [2.24, 2.45) is 0 Å². The van der Waals surface area contributed by atoms with Gasteiger partial charge >= 0.3 is 11.8 Å². The van der Waals surface area contributed by atoms with Gasteiger partial charge in [0.1, 0.15) is 0 Å². The van der Waals surface area contributed by atoms with Crippen molar-refractivity contribution < 1.29 is 14.3 Å². The lowest BCUT2D eigenvalue weighted by atomic mass is 10.1. The van der Waals surface area contributed by atoms with Gasteiger partial charge in [-0.05, 0) is 20.8 Å². The molecule has 0 spiro atoms. The van der Waals surface area contributed by atoms with Crippen molar-refractivity contribution in [2.75, 3.05) is 39.3 Å². The minimum absolute atomic E-state index is 0.0384. The van der Waals surface area contributed by atoms with Gasteiger partial charge in [-0.1, -0.05) is 0 Å². The van der Waals surface area contributed by atoms with E-state index in [1.165, 1.54) is 0 Å². The first-order valence-corrected chi connectivity index (χ1v) is 6.86. The zero-order chi connectivity index (χ0) is 14.0. The number of amides is 2. The number of nitrogens with one attached hydrogen (secondary N) is 1. The third kappa shape index (κ3) is 3.45. The molecule has 2 fully saturated rings. The molecule has 108 valence electrons. The molecule has 0 radical (unpaired) electrons. The molecule has 6 nitrogen and oxygen atoms in total. The number of hydrogen-bond donors (Lipinski definition) is 1. The molecule has 2 rings (SSSR count). The van der Waals surface area contributed by atoms with Crippen LogP contribution < -0.4 is 5.32 Å². The minimum atomic E-state index is -0.398. The minimum Gasteiger partial charge on any atom is -0.369 e. The first-order valence-electron chi connectivity index (χ1n) is 6.86. The van der Waals surface area contributed by atoms with E-state index in [1.807, 2.05) is 20.8 Å². The van der Waals surface area contributed by atoms with Crippen LogP contribution in [0.5, 0.6) is 0 Å². The average Bonchev–Trinajstić information content (AvgIpc) is 2.35. The van der Waals surface area contributed by atoms with Crippen LogP contribution in [0.4, 0.5) is 0 Å². The van der Waals surface area contributed by atoms with Crippen molar-refractivity contribution in [3.63, 3.8) is 0 Å². The Bertz CT molecular complexity index is 364. The van der Waals surface area contributed by atoms with Crippen LogP contribution in [0.2, 0.25) is 0 Å². The Hall–Kier alpha value is -1.14. The second kappa shape index (κ2) is 5.46. The van der Waals surface area contributed by atoms with Gasteiger partial charge in [-0.2, -0.15) is 0 Å². The monoisotopic (exact) mass is 269 g/mol. The fraction of sp³-hybridized carbons (Fsp3) is 0.846. The molecule has 0 saturated carbocycles. The number of nitrogens with zero attached hydrogens (tertiary/aromatic N) is 2. The van der Waals surface area contributed by atoms with Crippen LogP contribution in [0.15, 0.2) is 0 Å². The first-order chi connectivity index (χ1) is 8.89. The molecule has 0 aliphatic carbocycles. The number of hydrogen-bond acceptors (Lipinski definition) is 4. The van der Waals surface area contributed by atoms with E-state index in [1.54, 1.807) is 9.80 Å². The standard InChI is InChI=1S/C13H23N3O3/c1-10-8-16(9-13(2,3)19-10)12(18)11(17)15-6-4-14-5-7-15/h10,14H,4-9H2,1-3H3. The highest BCUT2D eigenvalue weighted by atomic mass is 16.5. The van der Waals surface area contributed by atoms with Gasteiger partial charge in [0.05, 0.1) is 11.7 Å². The van der Waals surface area contributed by atoms with Crippen molar-refractivity contribution in [2.45, 2.75) is 32.5 Å². The SMILES string of the molecule is CC1CN(C(=O)C(=O)N2CCNCC2)CC(C)(C)O1. The van der Waals surface area contributed by atoms with Gasteiger partial charge in [0.15, 0.2) is 0 Å². The Labute approximate surface area is 114 Å². The Morgan fingerprint density at radius 1 is 1.16 bits per heavy atom. The van der Waals surface area contributed by atoms with Crippen LogP contribution in [0.1, 0.15) is 20.8 Å². The fourth-order valence-corrected chi connectivity index (χ4v) is 2.75. The average molecular weight is 269 g/mol. The summed E-state index contributed by atoms with van der Waals surface area (Å²) in [5, 5.41) is 3.17. The predicted molar refractivity (Wildman–Crippen MR) is 70.7 cm³/mol. The van der Waals surface area contributed by atoms with Gasteiger partial charge < -0.3 is 19.9 Å². The highest BCUT2D eigenvalue weighted by Gasteiger charge is 2.37. The lowest BCUT2D eigenvalue weighted by molar-refractivity contribution is -0.167. The predicted octanol–water partition coefficient (Wildman–Crippen LogP) is -0.556. The van der Waals surface area contributed by atoms with Crippen LogP contribution in [-0.2, 0) is 14.3 Å². The molecule has 19 heavy (non-hydrogen) atoms. The second-order valence-electron chi connectivity index (χ2n) is 5.92. The van der Waals surface area contributed by atoms with E-state index in [4.69, 9.17) is 4.74 Å². The van der Waals surface area contributed by atoms with Crippen LogP contribution in [0.3, 0.4) is 0 Å². The van der Waals surface area contributed by atoms with Gasteiger partial charge in [-0.15, -0.1) is 0 Å². The summed E-state index contributed by atoms with van der Waals surface area (Å²) in [5.74, 6) is -0.781. The van der Waals surface area contributed by atoms with Crippen LogP contribution in [0.25, 0.3) is 0 Å². The topological polar surface area (TPSA) is 61.9 Å². The Morgan fingerprint density at radius 3 is 2.32 bits per heavy atom. The molecule has 6 heteroatoms. The molecule has 2 aliphatic heterocycles. The van der Waals surface area contributed by atoms with Crippen LogP contribution in [0, 0.1) is 0 Å². The van der Waals surface area contributed by atoms with Crippen molar-refractivity contribution in [1.29, 1.82) is 0 Å². The number of piperazine rings is 1. The molecule has 2 saturated heterocycles. The molecule has 2 aliphatic rings. The third-order valence-corrected chi connectivity index (χ3v) is 3.44. The first kappa shape index (κ1) is 14.3. The smallest absolute Gasteiger partial charge is 0.312 e. The quantitative estimate of drug-likeness (QED) is 0.599. The molecule has 1 N–H and O–H groups in total. The number of carbonyl (C=O) groups is 2. The summed E-state index contributed by atoms with van der Waals surface area (Å²) in [6.07, 6.45) is -0.0384. The van der Waals surface area contributed by atoms with Gasteiger partial charge in [0, 0.05) is 39.3 Å². The molecule has 0 bridgehead atoms. The summed E-state index contributed by atoms with van der Waals surface area (Å²) in [6, 6.07) is 0. The van der Waals surface area contributed by atoms with Crippen molar-refractivity contribution in [3.8, 4) is 0 Å². The lowest BCUT2D eigenvalue weighted by Crippen LogP contribution is -2.58. The molecular weight excluding hydrogens is 246 g/mol. The number of morpholine rings is 1. The van der Waals surface area contributed by atoms with Gasteiger partial charge in [-0.3, -0.25) is 9.59 Å².